The minimum absolute atomic E-state index is 0.0729. The Balaban J connectivity index is 4.33. The molecule has 71 heavy (non-hydrogen) atoms. The molecule has 412 valence electrons. The largest absolute Gasteiger partial charge is 0.462 e. The molecule has 0 radical (unpaired) electrons. The summed E-state index contributed by atoms with van der Waals surface area (Å²) in [6.45, 7) is 6.56. The zero-order chi connectivity index (χ0) is 51.4. The molecule has 0 aliphatic heterocycles. The van der Waals surface area contributed by atoms with Gasteiger partial charge < -0.3 is 14.2 Å². The summed E-state index contributed by atoms with van der Waals surface area (Å²) in [4.78, 5) is 38.2. The molecule has 0 heterocycles. The lowest BCUT2D eigenvalue weighted by Crippen LogP contribution is -2.30. The van der Waals surface area contributed by atoms with Gasteiger partial charge in [0.05, 0.1) is 0 Å². The fourth-order valence-electron chi connectivity index (χ4n) is 8.94. The van der Waals surface area contributed by atoms with Crippen molar-refractivity contribution in [1.29, 1.82) is 0 Å². The van der Waals surface area contributed by atoms with Crippen LogP contribution in [-0.2, 0) is 28.6 Å². The summed E-state index contributed by atoms with van der Waals surface area (Å²) in [5.41, 5.74) is 0. The maximum Gasteiger partial charge on any atom is 0.306 e. The number of carbonyl (C=O) groups is 3. The Kier molecular flexibility index (Phi) is 57.2. The molecule has 6 nitrogen and oxygen atoms in total. The fraction of sp³-hybridized carbons (Fsp3) is 0.800. The standard InChI is InChI=1S/C65H116O6/c1-4-7-10-13-16-19-22-25-28-29-30-31-32-33-34-35-38-40-43-46-49-52-55-58-64(67)70-61-62(71-65(68)59-56-53-50-47-44-41-37-27-24-21-18-15-12-9-6-3)60-69-63(66)57-54-51-48-45-42-39-36-26-23-20-17-14-11-8-5-2/h7,10,16,19,25,28,30-31,33-34,62H,4-6,8-9,11-15,17-18,20-24,26-27,29,32,35-61H2,1-3H3/b10-7-,19-16-,28-25-,31-30-,34-33-. The highest BCUT2D eigenvalue weighted by Crippen LogP contribution is 2.17. The van der Waals surface area contributed by atoms with Crippen molar-refractivity contribution in [3.8, 4) is 0 Å². The number of esters is 3. The van der Waals surface area contributed by atoms with Gasteiger partial charge in [0.15, 0.2) is 6.10 Å². The van der Waals surface area contributed by atoms with Crippen molar-refractivity contribution in [2.24, 2.45) is 0 Å². The average molecular weight is 994 g/mol. The van der Waals surface area contributed by atoms with Crippen LogP contribution in [0, 0.1) is 0 Å². The van der Waals surface area contributed by atoms with Crippen molar-refractivity contribution in [3.05, 3.63) is 60.8 Å². The topological polar surface area (TPSA) is 78.9 Å². The number of ether oxygens (including phenoxy) is 3. The molecule has 0 N–H and O–H groups in total. The van der Waals surface area contributed by atoms with Gasteiger partial charge in [-0.3, -0.25) is 14.4 Å². The van der Waals surface area contributed by atoms with Gasteiger partial charge >= 0.3 is 17.9 Å². The van der Waals surface area contributed by atoms with E-state index < -0.39 is 6.10 Å². The minimum Gasteiger partial charge on any atom is -0.462 e. The average Bonchev–Trinajstić information content (AvgIpc) is 3.37. The fourth-order valence-corrected chi connectivity index (χ4v) is 8.94. The monoisotopic (exact) mass is 993 g/mol. The van der Waals surface area contributed by atoms with Crippen LogP contribution in [0.2, 0.25) is 0 Å². The zero-order valence-electron chi connectivity index (χ0n) is 47.2. The molecule has 0 spiro atoms. The molecule has 0 aromatic carbocycles. The highest BCUT2D eigenvalue weighted by Gasteiger charge is 2.19. The number of hydrogen-bond acceptors (Lipinski definition) is 6. The summed E-state index contributed by atoms with van der Waals surface area (Å²) in [5.74, 6) is -0.865. The molecule has 0 aliphatic rings. The van der Waals surface area contributed by atoms with Gasteiger partial charge in [-0.1, -0.05) is 293 Å². The minimum atomic E-state index is -0.776. The Morgan fingerprint density at radius 2 is 0.549 bits per heavy atom. The van der Waals surface area contributed by atoms with Gasteiger partial charge in [-0.2, -0.15) is 0 Å². The summed E-state index contributed by atoms with van der Waals surface area (Å²) in [6, 6.07) is 0. The van der Waals surface area contributed by atoms with Crippen LogP contribution in [0.15, 0.2) is 60.8 Å². The van der Waals surface area contributed by atoms with E-state index in [2.05, 4.69) is 81.5 Å². The third-order valence-electron chi connectivity index (χ3n) is 13.5. The molecule has 0 rings (SSSR count). The van der Waals surface area contributed by atoms with Crippen LogP contribution in [0.4, 0.5) is 0 Å². The molecule has 0 aromatic heterocycles. The summed E-state index contributed by atoms with van der Waals surface area (Å²) in [6.07, 6.45) is 75.0. The van der Waals surface area contributed by atoms with Crippen LogP contribution in [0.1, 0.15) is 316 Å². The van der Waals surface area contributed by atoms with E-state index in [4.69, 9.17) is 14.2 Å². The SMILES string of the molecule is CC/C=C\C/C=C\C/C=C\C/C=C\C/C=C\CCCCCCCCCC(=O)OCC(COC(=O)CCCCCCCCCCCCCCCCC)OC(=O)CCCCCCCCCCCCCCCCC. The lowest BCUT2D eigenvalue weighted by Gasteiger charge is -2.18. The summed E-state index contributed by atoms with van der Waals surface area (Å²) in [7, 11) is 0. The van der Waals surface area contributed by atoms with Gasteiger partial charge in [0.25, 0.3) is 0 Å². The summed E-state index contributed by atoms with van der Waals surface area (Å²) < 4.78 is 16.9. The lowest BCUT2D eigenvalue weighted by molar-refractivity contribution is -0.167. The molecule has 6 heteroatoms. The van der Waals surface area contributed by atoms with Crippen molar-refractivity contribution in [3.63, 3.8) is 0 Å². The second-order valence-electron chi connectivity index (χ2n) is 20.6. The predicted molar refractivity (Wildman–Crippen MR) is 307 cm³/mol. The van der Waals surface area contributed by atoms with E-state index in [9.17, 15) is 14.4 Å². The van der Waals surface area contributed by atoms with E-state index in [0.29, 0.717) is 19.3 Å². The molecule has 0 aliphatic carbocycles. The number of unbranched alkanes of at least 4 members (excludes halogenated alkanes) is 35. The number of hydrogen-bond donors (Lipinski definition) is 0. The van der Waals surface area contributed by atoms with Crippen molar-refractivity contribution in [2.45, 2.75) is 322 Å². The van der Waals surface area contributed by atoms with Gasteiger partial charge in [-0.25, -0.2) is 0 Å². The van der Waals surface area contributed by atoms with Gasteiger partial charge in [-0.05, 0) is 64.2 Å². The molecule has 0 aromatic rings. The van der Waals surface area contributed by atoms with E-state index >= 15 is 0 Å². The first-order chi connectivity index (χ1) is 35.0. The Morgan fingerprint density at radius 1 is 0.296 bits per heavy atom. The van der Waals surface area contributed by atoms with Crippen molar-refractivity contribution >= 4 is 17.9 Å². The smallest absolute Gasteiger partial charge is 0.306 e. The quantitative estimate of drug-likeness (QED) is 0.0261. The van der Waals surface area contributed by atoms with Crippen LogP contribution < -0.4 is 0 Å². The number of rotatable bonds is 56. The number of carbonyl (C=O) groups excluding carboxylic acids is 3. The zero-order valence-corrected chi connectivity index (χ0v) is 47.2. The second kappa shape index (κ2) is 59.7. The molecule has 1 unspecified atom stereocenters. The van der Waals surface area contributed by atoms with Crippen LogP contribution in [0.25, 0.3) is 0 Å². The molecule has 1 atom stereocenters. The summed E-state index contributed by atoms with van der Waals surface area (Å²) >= 11 is 0. The Morgan fingerprint density at radius 3 is 0.859 bits per heavy atom. The highest BCUT2D eigenvalue weighted by atomic mass is 16.6. The maximum absolute atomic E-state index is 12.9. The molecule has 0 bridgehead atoms. The van der Waals surface area contributed by atoms with Crippen LogP contribution >= 0.6 is 0 Å². The van der Waals surface area contributed by atoms with Gasteiger partial charge in [-0.15, -0.1) is 0 Å². The van der Waals surface area contributed by atoms with Gasteiger partial charge in [0.2, 0.25) is 0 Å². The molecule has 0 amide bonds. The van der Waals surface area contributed by atoms with E-state index in [1.165, 1.54) is 180 Å². The van der Waals surface area contributed by atoms with E-state index in [0.717, 1.165) is 96.3 Å². The molecule has 0 fully saturated rings. The Hall–Kier alpha value is -2.89. The number of allylic oxidation sites excluding steroid dienone is 10. The highest BCUT2D eigenvalue weighted by molar-refractivity contribution is 5.71. The first-order valence-corrected chi connectivity index (χ1v) is 30.8. The first-order valence-electron chi connectivity index (χ1n) is 30.8. The predicted octanol–water partition coefficient (Wildman–Crippen LogP) is 20.8. The second-order valence-corrected chi connectivity index (χ2v) is 20.6. The molecular formula is C65H116O6. The van der Waals surface area contributed by atoms with E-state index in [1.54, 1.807) is 0 Å². The molecule has 0 saturated carbocycles. The maximum atomic E-state index is 12.9. The third-order valence-corrected chi connectivity index (χ3v) is 13.5. The van der Waals surface area contributed by atoms with Crippen molar-refractivity contribution < 1.29 is 28.6 Å². The first kappa shape index (κ1) is 68.1. The Labute approximate surface area is 440 Å². The molecular weight excluding hydrogens is 877 g/mol. The van der Waals surface area contributed by atoms with Gasteiger partial charge in [0.1, 0.15) is 13.2 Å². The van der Waals surface area contributed by atoms with E-state index in [1.807, 2.05) is 0 Å². The van der Waals surface area contributed by atoms with Gasteiger partial charge in [0, 0.05) is 19.3 Å². The third kappa shape index (κ3) is 57.9. The summed E-state index contributed by atoms with van der Waals surface area (Å²) in [5, 5.41) is 0. The molecule has 0 saturated heterocycles. The Bertz CT molecular complexity index is 1280. The van der Waals surface area contributed by atoms with Crippen molar-refractivity contribution in [2.75, 3.05) is 13.2 Å². The van der Waals surface area contributed by atoms with E-state index in [-0.39, 0.29) is 31.1 Å². The lowest BCUT2D eigenvalue weighted by atomic mass is 10.0. The van der Waals surface area contributed by atoms with Crippen LogP contribution in [-0.4, -0.2) is 37.2 Å². The van der Waals surface area contributed by atoms with Crippen LogP contribution in [0.3, 0.4) is 0 Å². The normalized spacial score (nSPS) is 12.4. The van der Waals surface area contributed by atoms with Crippen molar-refractivity contribution in [1.82, 2.24) is 0 Å². The van der Waals surface area contributed by atoms with Crippen LogP contribution in [0.5, 0.6) is 0 Å².